The monoisotopic (exact) mass is 333 g/mol. The molecule has 24 heavy (non-hydrogen) atoms. The average molecular weight is 333 g/mol. The van der Waals surface area contributed by atoms with Crippen molar-refractivity contribution < 1.29 is 9.32 Å². The van der Waals surface area contributed by atoms with Gasteiger partial charge in [-0.25, -0.2) is 0 Å². The molecule has 5 heteroatoms. The summed E-state index contributed by atoms with van der Waals surface area (Å²) < 4.78 is 5.42. The van der Waals surface area contributed by atoms with Gasteiger partial charge >= 0.3 is 0 Å². The van der Waals surface area contributed by atoms with E-state index in [2.05, 4.69) is 28.9 Å². The Labute approximate surface area is 145 Å². The summed E-state index contributed by atoms with van der Waals surface area (Å²) in [4.78, 5) is 19.5. The third-order valence-electron chi connectivity index (χ3n) is 5.34. The molecule has 0 bridgehead atoms. The Kier molecular flexibility index (Phi) is 5.90. The van der Waals surface area contributed by atoms with Crippen molar-refractivity contribution in [3.8, 4) is 0 Å². The fourth-order valence-electron chi connectivity index (χ4n) is 3.88. The molecule has 1 amide bonds. The number of piperidine rings is 1. The number of nitrogens with zero attached hydrogens (tertiary/aromatic N) is 3. The molecule has 1 aromatic heterocycles. The third kappa shape index (κ3) is 4.37. The average Bonchev–Trinajstić information content (AvgIpc) is 3.34. The Balaban J connectivity index is 1.55. The number of aromatic nitrogens is 2. The lowest BCUT2D eigenvalue weighted by Gasteiger charge is -2.34. The quantitative estimate of drug-likeness (QED) is 0.723. The summed E-state index contributed by atoms with van der Waals surface area (Å²) in [6.07, 6.45) is 9.64. The molecular weight excluding hydrogens is 302 g/mol. The lowest BCUT2D eigenvalue weighted by atomic mass is 9.91. The molecule has 2 heterocycles. The van der Waals surface area contributed by atoms with E-state index in [1.165, 1.54) is 12.8 Å². The minimum Gasteiger partial charge on any atom is -0.342 e. The zero-order valence-corrected chi connectivity index (χ0v) is 15.2. The number of likely N-dealkylation sites (tertiary alicyclic amines) is 1. The SMILES string of the molecule is CCCC(CCC)C(=O)N1CCCC(Cc2nc(C3CC3)no2)C1. The highest BCUT2D eigenvalue weighted by atomic mass is 16.5. The number of carbonyl (C=O) groups excluding carboxylic acids is 1. The molecular formula is C19H31N3O2. The fraction of sp³-hybridized carbons (Fsp3) is 0.842. The fourth-order valence-corrected chi connectivity index (χ4v) is 3.88. The van der Waals surface area contributed by atoms with E-state index in [4.69, 9.17) is 4.52 Å². The summed E-state index contributed by atoms with van der Waals surface area (Å²) in [5.41, 5.74) is 0. The first-order chi connectivity index (χ1) is 11.7. The van der Waals surface area contributed by atoms with Gasteiger partial charge in [0.2, 0.25) is 11.8 Å². The molecule has 2 aliphatic rings. The highest BCUT2D eigenvalue weighted by molar-refractivity contribution is 5.78. The molecule has 1 aliphatic carbocycles. The van der Waals surface area contributed by atoms with E-state index in [1.807, 2.05) is 0 Å². The summed E-state index contributed by atoms with van der Waals surface area (Å²) in [5, 5.41) is 4.11. The van der Waals surface area contributed by atoms with Gasteiger partial charge in [0.05, 0.1) is 0 Å². The van der Waals surface area contributed by atoms with Crippen LogP contribution in [0.3, 0.4) is 0 Å². The summed E-state index contributed by atoms with van der Waals surface area (Å²) in [5.74, 6) is 3.22. The summed E-state index contributed by atoms with van der Waals surface area (Å²) in [7, 11) is 0. The van der Waals surface area contributed by atoms with Crippen molar-refractivity contribution in [1.29, 1.82) is 0 Å². The van der Waals surface area contributed by atoms with E-state index in [9.17, 15) is 4.79 Å². The minimum atomic E-state index is 0.212. The van der Waals surface area contributed by atoms with Gasteiger partial charge < -0.3 is 9.42 Å². The number of hydrogen-bond donors (Lipinski definition) is 0. The highest BCUT2D eigenvalue weighted by Crippen LogP contribution is 2.38. The maximum absolute atomic E-state index is 12.9. The molecule has 0 spiro atoms. The van der Waals surface area contributed by atoms with Gasteiger partial charge in [-0.15, -0.1) is 0 Å². The molecule has 1 unspecified atom stereocenters. The molecule has 3 rings (SSSR count). The van der Waals surface area contributed by atoms with Crippen molar-refractivity contribution in [1.82, 2.24) is 15.0 Å². The summed E-state index contributed by atoms with van der Waals surface area (Å²) in [6.45, 7) is 6.10. The van der Waals surface area contributed by atoms with Crippen molar-refractivity contribution in [3.63, 3.8) is 0 Å². The van der Waals surface area contributed by atoms with Crippen LogP contribution in [-0.4, -0.2) is 34.0 Å². The maximum Gasteiger partial charge on any atom is 0.226 e. The van der Waals surface area contributed by atoms with Crippen LogP contribution in [0.5, 0.6) is 0 Å². The molecule has 1 saturated heterocycles. The van der Waals surface area contributed by atoms with Gasteiger partial charge in [0.15, 0.2) is 5.82 Å². The van der Waals surface area contributed by atoms with Crippen LogP contribution in [0.15, 0.2) is 4.52 Å². The van der Waals surface area contributed by atoms with Crippen molar-refractivity contribution in [2.75, 3.05) is 13.1 Å². The number of amides is 1. The number of carbonyl (C=O) groups is 1. The predicted octanol–water partition coefficient (Wildman–Crippen LogP) is 3.94. The van der Waals surface area contributed by atoms with Crippen molar-refractivity contribution in [2.24, 2.45) is 11.8 Å². The molecule has 5 nitrogen and oxygen atoms in total. The topological polar surface area (TPSA) is 59.2 Å². The second-order valence-electron chi connectivity index (χ2n) is 7.59. The molecule has 134 valence electrons. The van der Waals surface area contributed by atoms with Crippen LogP contribution in [0.4, 0.5) is 0 Å². The van der Waals surface area contributed by atoms with Crippen molar-refractivity contribution in [3.05, 3.63) is 11.7 Å². The van der Waals surface area contributed by atoms with Crippen LogP contribution < -0.4 is 0 Å². The smallest absolute Gasteiger partial charge is 0.226 e. The third-order valence-corrected chi connectivity index (χ3v) is 5.34. The summed E-state index contributed by atoms with van der Waals surface area (Å²) in [6, 6.07) is 0. The normalized spacial score (nSPS) is 21.5. The van der Waals surface area contributed by atoms with E-state index in [-0.39, 0.29) is 5.92 Å². The lowest BCUT2D eigenvalue weighted by Crippen LogP contribution is -2.43. The van der Waals surface area contributed by atoms with Gasteiger partial charge in [0.1, 0.15) is 0 Å². The Morgan fingerprint density at radius 2 is 2.00 bits per heavy atom. The van der Waals surface area contributed by atoms with Crippen LogP contribution >= 0.6 is 0 Å². The van der Waals surface area contributed by atoms with Gasteiger partial charge in [-0.05, 0) is 44.4 Å². The van der Waals surface area contributed by atoms with Gasteiger partial charge in [0, 0.05) is 31.3 Å². The zero-order chi connectivity index (χ0) is 16.9. The molecule has 1 aliphatic heterocycles. The van der Waals surface area contributed by atoms with E-state index >= 15 is 0 Å². The van der Waals surface area contributed by atoms with Gasteiger partial charge in [-0.2, -0.15) is 4.98 Å². The molecule has 1 aromatic rings. The highest BCUT2D eigenvalue weighted by Gasteiger charge is 2.31. The van der Waals surface area contributed by atoms with Crippen molar-refractivity contribution in [2.45, 2.75) is 77.6 Å². The largest absolute Gasteiger partial charge is 0.342 e. The Bertz CT molecular complexity index is 532. The van der Waals surface area contributed by atoms with E-state index < -0.39 is 0 Å². The van der Waals surface area contributed by atoms with Gasteiger partial charge in [-0.1, -0.05) is 31.8 Å². The first kappa shape index (κ1) is 17.4. The molecule has 1 atom stereocenters. The predicted molar refractivity (Wildman–Crippen MR) is 92.6 cm³/mol. The van der Waals surface area contributed by atoms with Crippen LogP contribution in [0.25, 0.3) is 0 Å². The van der Waals surface area contributed by atoms with Crippen LogP contribution in [0, 0.1) is 11.8 Å². The Hall–Kier alpha value is -1.39. The summed E-state index contributed by atoms with van der Waals surface area (Å²) >= 11 is 0. The van der Waals surface area contributed by atoms with Crippen molar-refractivity contribution >= 4 is 5.91 Å². The second-order valence-corrected chi connectivity index (χ2v) is 7.59. The minimum absolute atomic E-state index is 0.212. The van der Waals surface area contributed by atoms with E-state index in [0.717, 1.165) is 69.8 Å². The van der Waals surface area contributed by atoms with Gasteiger partial charge in [-0.3, -0.25) is 4.79 Å². The molecule has 0 aromatic carbocycles. The molecule has 0 radical (unpaired) electrons. The second kappa shape index (κ2) is 8.13. The molecule has 1 saturated carbocycles. The van der Waals surface area contributed by atoms with Crippen LogP contribution in [0.1, 0.15) is 82.8 Å². The Morgan fingerprint density at radius 1 is 1.25 bits per heavy atom. The van der Waals surface area contributed by atoms with Crippen LogP contribution in [0.2, 0.25) is 0 Å². The first-order valence-corrected chi connectivity index (χ1v) is 9.82. The first-order valence-electron chi connectivity index (χ1n) is 9.82. The Morgan fingerprint density at radius 3 is 2.67 bits per heavy atom. The van der Waals surface area contributed by atoms with Crippen LogP contribution in [-0.2, 0) is 11.2 Å². The molecule has 2 fully saturated rings. The maximum atomic E-state index is 12.9. The van der Waals surface area contributed by atoms with E-state index in [0.29, 0.717) is 17.7 Å². The molecule has 0 N–H and O–H groups in total. The van der Waals surface area contributed by atoms with E-state index in [1.54, 1.807) is 0 Å². The standard InChI is InChI=1S/C19H31N3O2/c1-3-6-16(7-4-2)19(23)22-11-5-8-14(13-22)12-17-20-18(21-24-17)15-9-10-15/h14-16H,3-13H2,1-2H3. The lowest BCUT2D eigenvalue weighted by molar-refractivity contribution is -0.138. The number of rotatable bonds is 8. The zero-order valence-electron chi connectivity index (χ0n) is 15.2. The number of hydrogen-bond acceptors (Lipinski definition) is 4. The van der Waals surface area contributed by atoms with Gasteiger partial charge in [0.25, 0.3) is 0 Å².